The van der Waals surface area contributed by atoms with E-state index in [1.54, 1.807) is 18.0 Å². The van der Waals surface area contributed by atoms with Crippen molar-refractivity contribution in [2.24, 2.45) is 5.92 Å². The van der Waals surface area contributed by atoms with Crippen LogP contribution in [0.5, 0.6) is 0 Å². The van der Waals surface area contributed by atoms with Crippen molar-refractivity contribution >= 4 is 23.4 Å². The van der Waals surface area contributed by atoms with Gasteiger partial charge in [0.25, 0.3) is 0 Å². The predicted octanol–water partition coefficient (Wildman–Crippen LogP) is 3.48. The third-order valence-electron chi connectivity index (χ3n) is 1.26. The molecule has 1 aromatic heterocycles. The average molecular weight is 202 g/mol. The minimum Gasteiger partial charge on any atom is -0.248 e. The van der Waals surface area contributed by atoms with E-state index in [-0.39, 0.29) is 0 Å². The molecule has 1 aromatic rings. The smallest absolute Gasteiger partial charge is 0.0961 e. The molecule has 1 nitrogen and oxygen atoms in total. The van der Waals surface area contributed by atoms with Crippen LogP contribution in [0.1, 0.15) is 13.8 Å². The maximum atomic E-state index is 5.70. The first-order valence-corrected chi connectivity index (χ1v) is 5.29. The van der Waals surface area contributed by atoms with Crippen molar-refractivity contribution in [3.05, 3.63) is 23.4 Å². The Morgan fingerprint density at radius 2 is 2.25 bits per heavy atom. The van der Waals surface area contributed by atoms with E-state index in [1.807, 2.05) is 12.1 Å². The zero-order valence-electron chi connectivity index (χ0n) is 7.25. The van der Waals surface area contributed by atoms with Crippen LogP contribution in [0, 0.1) is 5.92 Å². The van der Waals surface area contributed by atoms with Gasteiger partial charge in [0, 0.05) is 11.9 Å². The molecule has 0 unspecified atom stereocenters. The monoisotopic (exact) mass is 201 g/mol. The van der Waals surface area contributed by atoms with E-state index in [1.165, 1.54) is 0 Å². The Labute approximate surface area is 82.5 Å². The summed E-state index contributed by atoms with van der Waals surface area (Å²) in [5, 5.41) is 1.75. The Morgan fingerprint density at radius 1 is 1.50 bits per heavy atom. The van der Waals surface area contributed by atoms with Gasteiger partial charge in [-0.2, -0.15) is 0 Å². The van der Waals surface area contributed by atoms with Crippen LogP contribution < -0.4 is 0 Å². The summed E-state index contributed by atoms with van der Waals surface area (Å²) < 4.78 is 0. The second-order valence-electron chi connectivity index (χ2n) is 3.02. The molecule has 0 aliphatic rings. The average Bonchev–Trinajstić information content (AvgIpc) is 2.03. The Hall–Kier alpha value is -0.210. The van der Waals surface area contributed by atoms with Gasteiger partial charge in [0.1, 0.15) is 0 Å². The maximum Gasteiger partial charge on any atom is 0.0961 e. The molecule has 0 fully saturated rings. The molecule has 0 N–H and O–H groups in total. The summed E-state index contributed by atoms with van der Waals surface area (Å²) in [5.74, 6) is 1.81. The van der Waals surface area contributed by atoms with E-state index in [9.17, 15) is 0 Å². The van der Waals surface area contributed by atoms with Crippen molar-refractivity contribution in [2.75, 3.05) is 5.75 Å². The van der Waals surface area contributed by atoms with Crippen molar-refractivity contribution in [3.63, 3.8) is 0 Å². The highest BCUT2D eigenvalue weighted by atomic mass is 35.5. The van der Waals surface area contributed by atoms with Gasteiger partial charge in [-0.25, -0.2) is 4.98 Å². The molecule has 0 aliphatic heterocycles. The fourth-order valence-corrected chi connectivity index (χ4v) is 1.61. The van der Waals surface area contributed by atoms with Crippen LogP contribution in [0.4, 0.5) is 0 Å². The van der Waals surface area contributed by atoms with Crippen LogP contribution in [0.2, 0.25) is 5.02 Å². The first-order valence-electron chi connectivity index (χ1n) is 3.93. The number of thioether (sulfide) groups is 1. The van der Waals surface area contributed by atoms with Gasteiger partial charge in [-0.1, -0.05) is 25.4 Å². The van der Waals surface area contributed by atoms with Gasteiger partial charge in [0.2, 0.25) is 0 Å². The van der Waals surface area contributed by atoms with E-state index < -0.39 is 0 Å². The van der Waals surface area contributed by atoms with Crippen LogP contribution in [0.15, 0.2) is 23.4 Å². The minimum atomic E-state index is 0.698. The number of nitrogens with zero attached hydrogens (tertiary/aromatic N) is 1. The number of halogens is 1. The molecule has 0 radical (unpaired) electrons. The van der Waals surface area contributed by atoms with Crippen molar-refractivity contribution in [2.45, 2.75) is 18.9 Å². The minimum absolute atomic E-state index is 0.698. The molecule has 0 spiro atoms. The van der Waals surface area contributed by atoms with E-state index in [0.717, 1.165) is 10.8 Å². The van der Waals surface area contributed by atoms with Crippen LogP contribution in [-0.2, 0) is 0 Å². The highest BCUT2D eigenvalue weighted by molar-refractivity contribution is 7.99. The summed E-state index contributed by atoms with van der Waals surface area (Å²) in [4.78, 5) is 4.18. The standard InChI is InChI=1S/C9H12ClNS/c1-7(2)6-12-9-4-3-8(10)5-11-9/h3-5,7H,6H2,1-2H3. The lowest BCUT2D eigenvalue weighted by molar-refractivity contribution is 0.749. The molecule has 0 atom stereocenters. The number of pyridine rings is 1. The number of hydrogen-bond acceptors (Lipinski definition) is 2. The van der Waals surface area contributed by atoms with Crippen LogP contribution in [0.3, 0.4) is 0 Å². The molecule has 12 heavy (non-hydrogen) atoms. The molecule has 66 valence electrons. The lowest BCUT2D eigenvalue weighted by atomic mass is 10.3. The number of aromatic nitrogens is 1. The molecular formula is C9H12ClNS. The van der Waals surface area contributed by atoms with Crippen molar-refractivity contribution < 1.29 is 0 Å². The third-order valence-corrected chi connectivity index (χ3v) is 2.86. The van der Waals surface area contributed by atoms with E-state index in [4.69, 9.17) is 11.6 Å². The summed E-state index contributed by atoms with van der Waals surface area (Å²) in [7, 11) is 0. The SMILES string of the molecule is CC(C)CSc1ccc(Cl)cn1. The first kappa shape index (κ1) is 9.87. The van der Waals surface area contributed by atoms with Gasteiger partial charge in [0.15, 0.2) is 0 Å². The molecule has 0 saturated heterocycles. The zero-order valence-corrected chi connectivity index (χ0v) is 8.82. The summed E-state index contributed by atoms with van der Waals surface area (Å²) >= 11 is 7.47. The summed E-state index contributed by atoms with van der Waals surface area (Å²) in [6, 6.07) is 3.83. The first-order chi connectivity index (χ1) is 5.68. The topological polar surface area (TPSA) is 12.9 Å². The third kappa shape index (κ3) is 3.46. The molecule has 0 aliphatic carbocycles. The molecule has 0 saturated carbocycles. The van der Waals surface area contributed by atoms with Crippen LogP contribution in [-0.4, -0.2) is 10.7 Å². The Morgan fingerprint density at radius 3 is 2.75 bits per heavy atom. The molecule has 1 heterocycles. The van der Waals surface area contributed by atoms with E-state index in [0.29, 0.717) is 10.9 Å². The maximum absolute atomic E-state index is 5.70. The summed E-state index contributed by atoms with van der Waals surface area (Å²) in [5.41, 5.74) is 0. The predicted molar refractivity (Wildman–Crippen MR) is 54.8 cm³/mol. The lowest BCUT2D eigenvalue weighted by Crippen LogP contribution is -1.90. The van der Waals surface area contributed by atoms with Crippen molar-refractivity contribution in [3.8, 4) is 0 Å². The highest BCUT2D eigenvalue weighted by Crippen LogP contribution is 2.19. The molecular weight excluding hydrogens is 190 g/mol. The lowest BCUT2D eigenvalue weighted by Gasteiger charge is -2.02. The Kier molecular flexibility index (Phi) is 3.89. The zero-order chi connectivity index (χ0) is 8.97. The molecule has 3 heteroatoms. The van der Waals surface area contributed by atoms with Gasteiger partial charge >= 0.3 is 0 Å². The van der Waals surface area contributed by atoms with Gasteiger partial charge < -0.3 is 0 Å². The van der Waals surface area contributed by atoms with Crippen molar-refractivity contribution in [1.82, 2.24) is 4.98 Å². The normalized spacial score (nSPS) is 10.7. The van der Waals surface area contributed by atoms with Gasteiger partial charge in [-0.15, -0.1) is 11.8 Å². The molecule has 1 rings (SSSR count). The Balaban J connectivity index is 2.48. The van der Waals surface area contributed by atoms with Crippen LogP contribution >= 0.6 is 23.4 Å². The quantitative estimate of drug-likeness (QED) is 0.695. The summed E-state index contributed by atoms with van der Waals surface area (Å²) in [6.07, 6.45) is 1.68. The Bertz CT molecular complexity index is 233. The molecule has 0 aromatic carbocycles. The fraction of sp³-hybridized carbons (Fsp3) is 0.444. The van der Waals surface area contributed by atoms with Gasteiger partial charge in [0.05, 0.1) is 10.0 Å². The summed E-state index contributed by atoms with van der Waals surface area (Å²) in [6.45, 7) is 4.39. The molecule has 0 bridgehead atoms. The number of hydrogen-bond donors (Lipinski definition) is 0. The highest BCUT2D eigenvalue weighted by Gasteiger charge is 1.97. The van der Waals surface area contributed by atoms with Crippen LogP contribution in [0.25, 0.3) is 0 Å². The van der Waals surface area contributed by atoms with E-state index >= 15 is 0 Å². The van der Waals surface area contributed by atoms with E-state index in [2.05, 4.69) is 18.8 Å². The fourth-order valence-electron chi connectivity index (χ4n) is 0.700. The number of rotatable bonds is 3. The second-order valence-corrected chi connectivity index (χ2v) is 4.50. The van der Waals surface area contributed by atoms with Gasteiger partial charge in [-0.05, 0) is 18.1 Å². The second kappa shape index (κ2) is 4.73. The molecule has 0 amide bonds. The largest absolute Gasteiger partial charge is 0.248 e. The van der Waals surface area contributed by atoms with Gasteiger partial charge in [-0.3, -0.25) is 0 Å². The van der Waals surface area contributed by atoms with Crippen molar-refractivity contribution in [1.29, 1.82) is 0 Å².